The molecular formula is C19H13ClFN5OS. The zero-order chi connectivity index (χ0) is 19.5. The molecule has 0 spiro atoms. The number of hydrogen-bond donors (Lipinski definition) is 1. The molecule has 0 unspecified atom stereocenters. The van der Waals surface area contributed by atoms with Crippen molar-refractivity contribution in [3.05, 3.63) is 82.3 Å². The molecule has 3 heterocycles. The van der Waals surface area contributed by atoms with E-state index >= 15 is 0 Å². The maximum atomic E-state index is 13.0. The topological polar surface area (TPSA) is 72.7 Å². The number of rotatable bonds is 5. The summed E-state index contributed by atoms with van der Waals surface area (Å²) in [5.41, 5.74) is 2.35. The predicted molar refractivity (Wildman–Crippen MR) is 106 cm³/mol. The molecule has 28 heavy (non-hydrogen) atoms. The maximum Gasteiger partial charge on any atom is 0.262 e. The van der Waals surface area contributed by atoms with Crippen LogP contribution in [0.3, 0.4) is 0 Å². The second-order valence-electron chi connectivity index (χ2n) is 5.85. The van der Waals surface area contributed by atoms with Crippen molar-refractivity contribution in [3.63, 3.8) is 0 Å². The fraction of sp³-hybridized carbons (Fsp3) is 0.0526. The van der Waals surface area contributed by atoms with E-state index in [-0.39, 0.29) is 10.7 Å². The zero-order valence-corrected chi connectivity index (χ0v) is 15.9. The number of nitrogens with zero attached hydrogens (tertiary/aromatic N) is 4. The highest BCUT2D eigenvalue weighted by atomic mass is 35.5. The summed E-state index contributed by atoms with van der Waals surface area (Å²) in [5.74, 6) is -0.827. The van der Waals surface area contributed by atoms with Gasteiger partial charge in [-0.1, -0.05) is 41.9 Å². The molecule has 9 heteroatoms. The maximum absolute atomic E-state index is 13.0. The van der Waals surface area contributed by atoms with Crippen LogP contribution < -0.4 is 5.32 Å². The molecule has 0 radical (unpaired) electrons. The Bertz CT molecular complexity index is 1110. The first-order chi connectivity index (χ1) is 13.6. The third-order valence-corrected chi connectivity index (χ3v) is 5.07. The minimum atomic E-state index is -0.422. The van der Waals surface area contributed by atoms with Gasteiger partial charge in [0.1, 0.15) is 16.7 Å². The van der Waals surface area contributed by atoms with Crippen molar-refractivity contribution in [1.82, 2.24) is 19.7 Å². The number of nitrogens with one attached hydrogen (secondary N) is 1. The van der Waals surface area contributed by atoms with Gasteiger partial charge in [-0.3, -0.25) is 15.1 Å². The molecule has 0 aliphatic carbocycles. The Labute approximate surface area is 168 Å². The predicted octanol–water partition coefficient (Wildman–Crippen LogP) is 4.49. The Kier molecular flexibility index (Phi) is 5.14. The standard InChI is InChI=1S/C19H13ClFN5OS/c20-17-14(9-23-26(17)10-12-4-2-1-3-5-12)18(27)25-19-24-16(11-28-19)15-7-6-13(21)8-22-15/h1-9,11H,10H2,(H,24,25,27). The van der Waals surface area contributed by atoms with Gasteiger partial charge in [0.05, 0.1) is 30.2 Å². The summed E-state index contributed by atoms with van der Waals surface area (Å²) in [6.07, 6.45) is 2.55. The summed E-state index contributed by atoms with van der Waals surface area (Å²) in [4.78, 5) is 20.8. The molecule has 0 bridgehead atoms. The average Bonchev–Trinajstić information content (AvgIpc) is 3.30. The highest BCUT2D eigenvalue weighted by molar-refractivity contribution is 7.14. The SMILES string of the molecule is O=C(Nc1nc(-c2ccc(F)cn2)cs1)c1cnn(Cc2ccccc2)c1Cl. The van der Waals surface area contributed by atoms with Gasteiger partial charge in [0.2, 0.25) is 0 Å². The van der Waals surface area contributed by atoms with Crippen LogP contribution in [-0.4, -0.2) is 25.7 Å². The summed E-state index contributed by atoms with van der Waals surface area (Å²) < 4.78 is 14.5. The van der Waals surface area contributed by atoms with Crippen molar-refractivity contribution < 1.29 is 9.18 Å². The lowest BCUT2D eigenvalue weighted by Crippen LogP contribution is -2.12. The molecule has 1 aromatic carbocycles. The van der Waals surface area contributed by atoms with Crippen molar-refractivity contribution in [2.24, 2.45) is 0 Å². The lowest BCUT2D eigenvalue weighted by Gasteiger charge is -2.04. The minimum absolute atomic E-state index is 0.248. The van der Waals surface area contributed by atoms with E-state index in [0.29, 0.717) is 23.1 Å². The van der Waals surface area contributed by atoms with Crippen LogP contribution in [0.2, 0.25) is 5.15 Å². The normalized spacial score (nSPS) is 10.8. The van der Waals surface area contributed by atoms with Crippen LogP contribution >= 0.6 is 22.9 Å². The molecule has 0 fully saturated rings. The average molecular weight is 414 g/mol. The molecule has 1 N–H and O–H groups in total. The second-order valence-corrected chi connectivity index (χ2v) is 7.06. The lowest BCUT2D eigenvalue weighted by molar-refractivity contribution is 0.102. The van der Waals surface area contributed by atoms with E-state index in [2.05, 4.69) is 20.4 Å². The number of hydrogen-bond acceptors (Lipinski definition) is 5. The fourth-order valence-corrected chi connectivity index (χ4v) is 3.47. The quantitative estimate of drug-likeness (QED) is 0.523. The molecule has 0 saturated heterocycles. The van der Waals surface area contributed by atoms with E-state index in [1.807, 2.05) is 30.3 Å². The fourth-order valence-electron chi connectivity index (χ4n) is 2.53. The third-order valence-electron chi connectivity index (χ3n) is 3.91. The van der Waals surface area contributed by atoms with Crippen molar-refractivity contribution in [2.45, 2.75) is 6.54 Å². The molecular weight excluding hydrogens is 401 g/mol. The van der Waals surface area contributed by atoms with Crippen LogP contribution in [0.5, 0.6) is 0 Å². The van der Waals surface area contributed by atoms with Crippen LogP contribution in [0, 0.1) is 5.82 Å². The van der Waals surface area contributed by atoms with Crippen LogP contribution in [0.1, 0.15) is 15.9 Å². The minimum Gasteiger partial charge on any atom is -0.298 e. The van der Waals surface area contributed by atoms with Gasteiger partial charge >= 0.3 is 0 Å². The number of anilines is 1. The van der Waals surface area contributed by atoms with Crippen molar-refractivity contribution >= 4 is 34.0 Å². The van der Waals surface area contributed by atoms with Gasteiger partial charge in [0, 0.05) is 5.38 Å². The molecule has 0 saturated carbocycles. The van der Waals surface area contributed by atoms with Crippen molar-refractivity contribution in [3.8, 4) is 11.4 Å². The van der Waals surface area contributed by atoms with Crippen LogP contribution in [0.15, 0.2) is 60.2 Å². The highest BCUT2D eigenvalue weighted by Gasteiger charge is 2.18. The summed E-state index contributed by atoms with van der Waals surface area (Å²) in [5, 5.41) is 9.27. The molecule has 0 aliphatic heterocycles. The van der Waals surface area contributed by atoms with Gasteiger partial charge in [0.15, 0.2) is 5.13 Å². The molecule has 0 aliphatic rings. The zero-order valence-electron chi connectivity index (χ0n) is 14.3. The summed E-state index contributed by atoms with van der Waals surface area (Å²) in [7, 11) is 0. The van der Waals surface area contributed by atoms with E-state index in [1.165, 1.54) is 29.7 Å². The Morgan fingerprint density at radius 3 is 2.71 bits per heavy atom. The van der Waals surface area contributed by atoms with Crippen LogP contribution in [0.4, 0.5) is 9.52 Å². The molecule has 4 rings (SSSR count). The van der Waals surface area contributed by atoms with E-state index in [0.717, 1.165) is 11.8 Å². The first kappa shape index (κ1) is 18.3. The molecule has 1 amide bonds. The van der Waals surface area contributed by atoms with E-state index < -0.39 is 11.7 Å². The summed E-state index contributed by atoms with van der Waals surface area (Å²) in [6.45, 7) is 0.463. The summed E-state index contributed by atoms with van der Waals surface area (Å²) >= 11 is 7.57. The van der Waals surface area contributed by atoms with E-state index in [4.69, 9.17) is 11.6 Å². The van der Waals surface area contributed by atoms with Crippen molar-refractivity contribution in [1.29, 1.82) is 0 Å². The number of halogens is 2. The van der Waals surface area contributed by atoms with Gasteiger partial charge in [0.25, 0.3) is 5.91 Å². The molecule has 6 nitrogen and oxygen atoms in total. The molecule has 0 atom stereocenters. The van der Waals surface area contributed by atoms with Gasteiger partial charge < -0.3 is 0 Å². The number of pyridine rings is 1. The molecule has 140 valence electrons. The number of carbonyl (C=O) groups is 1. The van der Waals surface area contributed by atoms with Crippen molar-refractivity contribution in [2.75, 3.05) is 5.32 Å². The van der Waals surface area contributed by atoms with E-state index in [9.17, 15) is 9.18 Å². The van der Waals surface area contributed by atoms with E-state index in [1.54, 1.807) is 10.1 Å². The molecule has 3 aromatic heterocycles. The van der Waals surface area contributed by atoms with Crippen LogP contribution in [0.25, 0.3) is 11.4 Å². The number of aromatic nitrogens is 4. The number of benzene rings is 1. The van der Waals surface area contributed by atoms with Gasteiger partial charge in [-0.05, 0) is 17.7 Å². The summed E-state index contributed by atoms with van der Waals surface area (Å²) in [6, 6.07) is 12.5. The first-order valence-corrected chi connectivity index (χ1v) is 9.50. The second kappa shape index (κ2) is 7.87. The Morgan fingerprint density at radius 1 is 1.14 bits per heavy atom. The third kappa shape index (κ3) is 3.92. The first-order valence-electron chi connectivity index (χ1n) is 8.24. The Hall–Kier alpha value is -3.10. The lowest BCUT2D eigenvalue weighted by atomic mass is 10.2. The van der Waals surface area contributed by atoms with Crippen LogP contribution in [-0.2, 0) is 6.54 Å². The molecule has 4 aromatic rings. The van der Waals surface area contributed by atoms with Gasteiger partial charge in [-0.15, -0.1) is 11.3 Å². The number of thiazole rings is 1. The van der Waals surface area contributed by atoms with Gasteiger partial charge in [-0.25, -0.2) is 14.1 Å². The number of carbonyl (C=O) groups excluding carboxylic acids is 1. The Balaban J connectivity index is 1.48. The number of amides is 1. The monoisotopic (exact) mass is 413 g/mol. The largest absolute Gasteiger partial charge is 0.298 e. The smallest absolute Gasteiger partial charge is 0.262 e. The highest BCUT2D eigenvalue weighted by Crippen LogP contribution is 2.25. The Morgan fingerprint density at radius 2 is 1.96 bits per heavy atom. The van der Waals surface area contributed by atoms with Gasteiger partial charge in [-0.2, -0.15) is 5.10 Å².